The zero-order valence-electron chi connectivity index (χ0n) is 11.5. The van der Waals surface area contributed by atoms with Crippen LogP contribution < -0.4 is 5.32 Å². The number of pyridine rings is 1. The van der Waals surface area contributed by atoms with Gasteiger partial charge in [-0.3, -0.25) is 15.1 Å². The molecular formula is C15H9ClFN3O3. The lowest BCUT2D eigenvalue weighted by Crippen LogP contribution is -1.95. The summed E-state index contributed by atoms with van der Waals surface area (Å²) in [7, 11) is 0. The fourth-order valence-electron chi connectivity index (χ4n) is 2.17. The molecule has 1 aromatic heterocycles. The molecule has 8 heteroatoms. The molecule has 0 aliphatic carbocycles. The van der Waals surface area contributed by atoms with Gasteiger partial charge in [0.1, 0.15) is 17.1 Å². The molecule has 0 aliphatic heterocycles. The number of aromatic nitrogens is 1. The minimum absolute atomic E-state index is 0.0535. The van der Waals surface area contributed by atoms with Crippen LogP contribution in [-0.2, 0) is 0 Å². The summed E-state index contributed by atoms with van der Waals surface area (Å²) in [5.41, 5.74) is 0.920. The molecule has 0 saturated heterocycles. The summed E-state index contributed by atoms with van der Waals surface area (Å²) in [6.07, 6.45) is 1.45. The van der Waals surface area contributed by atoms with Gasteiger partial charge in [-0.2, -0.15) is 0 Å². The Hall–Kier alpha value is -2.93. The number of nitrogens with one attached hydrogen (secondary N) is 1. The van der Waals surface area contributed by atoms with Crippen molar-refractivity contribution >= 4 is 39.6 Å². The third kappa shape index (κ3) is 2.86. The summed E-state index contributed by atoms with van der Waals surface area (Å²) in [5, 5.41) is 24.1. The van der Waals surface area contributed by atoms with Crippen LogP contribution in [0.25, 0.3) is 10.9 Å². The lowest BCUT2D eigenvalue weighted by molar-refractivity contribution is -0.384. The van der Waals surface area contributed by atoms with E-state index in [1.54, 1.807) is 6.07 Å². The highest BCUT2D eigenvalue weighted by Gasteiger charge is 2.14. The van der Waals surface area contributed by atoms with E-state index in [4.69, 9.17) is 11.6 Å². The largest absolute Gasteiger partial charge is 0.505 e. The molecule has 0 atom stereocenters. The topological polar surface area (TPSA) is 88.3 Å². The number of non-ortho nitro benzene ring substituents is 1. The SMILES string of the molecule is O=[N+]([O-])c1cc(O)c2nccc(Nc3ccc(F)c(Cl)c3)c2c1. The van der Waals surface area contributed by atoms with E-state index in [0.717, 1.165) is 6.07 Å². The Balaban J connectivity index is 2.13. The van der Waals surface area contributed by atoms with Crippen LogP contribution in [0.4, 0.5) is 21.5 Å². The summed E-state index contributed by atoms with van der Waals surface area (Å²) in [5.74, 6) is -0.847. The van der Waals surface area contributed by atoms with Crippen molar-refractivity contribution < 1.29 is 14.4 Å². The Morgan fingerprint density at radius 2 is 2.04 bits per heavy atom. The molecule has 0 amide bonds. The van der Waals surface area contributed by atoms with Crippen molar-refractivity contribution in [2.24, 2.45) is 0 Å². The van der Waals surface area contributed by atoms with Crippen molar-refractivity contribution in [1.82, 2.24) is 4.98 Å². The van der Waals surface area contributed by atoms with Crippen LogP contribution in [0.15, 0.2) is 42.6 Å². The van der Waals surface area contributed by atoms with Crippen molar-refractivity contribution in [3.05, 3.63) is 63.5 Å². The Labute approximate surface area is 134 Å². The number of phenolic OH excluding ortho intramolecular Hbond substituents is 1. The highest BCUT2D eigenvalue weighted by molar-refractivity contribution is 6.31. The summed E-state index contributed by atoms with van der Waals surface area (Å²) >= 11 is 5.73. The van der Waals surface area contributed by atoms with Gasteiger partial charge in [0.05, 0.1) is 16.0 Å². The van der Waals surface area contributed by atoms with Crippen LogP contribution in [0.5, 0.6) is 5.75 Å². The third-order valence-electron chi connectivity index (χ3n) is 3.22. The second-order valence-electron chi connectivity index (χ2n) is 4.73. The number of nitro groups is 1. The number of halogens is 2. The van der Waals surface area contributed by atoms with Crippen LogP contribution in [0.1, 0.15) is 0 Å². The van der Waals surface area contributed by atoms with Gasteiger partial charge in [0.25, 0.3) is 5.69 Å². The number of aromatic hydroxyl groups is 1. The first kappa shape index (κ1) is 15.0. The van der Waals surface area contributed by atoms with E-state index in [-0.39, 0.29) is 22.0 Å². The fraction of sp³-hybridized carbons (Fsp3) is 0. The van der Waals surface area contributed by atoms with E-state index in [1.165, 1.54) is 30.5 Å². The third-order valence-corrected chi connectivity index (χ3v) is 3.51. The molecular weight excluding hydrogens is 325 g/mol. The lowest BCUT2D eigenvalue weighted by atomic mass is 10.1. The van der Waals surface area contributed by atoms with E-state index in [1.807, 2.05) is 0 Å². The number of benzene rings is 2. The maximum Gasteiger partial charge on any atom is 0.273 e. The minimum atomic E-state index is -0.606. The first-order valence-corrected chi connectivity index (χ1v) is 6.81. The van der Waals surface area contributed by atoms with Gasteiger partial charge < -0.3 is 10.4 Å². The molecule has 23 heavy (non-hydrogen) atoms. The monoisotopic (exact) mass is 333 g/mol. The van der Waals surface area contributed by atoms with Crippen molar-refractivity contribution in [1.29, 1.82) is 0 Å². The van der Waals surface area contributed by atoms with E-state index >= 15 is 0 Å². The van der Waals surface area contributed by atoms with Gasteiger partial charge >= 0.3 is 0 Å². The average molecular weight is 334 g/mol. The number of anilines is 2. The van der Waals surface area contributed by atoms with Gasteiger partial charge in [0.15, 0.2) is 0 Å². The molecule has 0 unspecified atom stereocenters. The molecule has 0 fully saturated rings. The molecule has 1 heterocycles. The predicted octanol–water partition coefficient (Wildman–Crippen LogP) is 4.38. The molecule has 0 spiro atoms. The van der Waals surface area contributed by atoms with E-state index < -0.39 is 10.7 Å². The minimum Gasteiger partial charge on any atom is -0.505 e. The molecule has 0 saturated carbocycles. The molecule has 2 aromatic carbocycles. The Morgan fingerprint density at radius 1 is 1.26 bits per heavy atom. The molecule has 3 aromatic rings. The van der Waals surface area contributed by atoms with Crippen molar-refractivity contribution in [3.63, 3.8) is 0 Å². The molecule has 0 bridgehead atoms. The van der Waals surface area contributed by atoms with Gasteiger partial charge in [-0.15, -0.1) is 0 Å². The van der Waals surface area contributed by atoms with Crippen LogP contribution in [0.3, 0.4) is 0 Å². The first-order valence-electron chi connectivity index (χ1n) is 6.44. The van der Waals surface area contributed by atoms with E-state index in [0.29, 0.717) is 16.8 Å². The first-order chi connectivity index (χ1) is 11.0. The van der Waals surface area contributed by atoms with Crippen LogP contribution in [0, 0.1) is 15.9 Å². The second kappa shape index (κ2) is 5.69. The number of nitro benzene ring substituents is 1. The second-order valence-corrected chi connectivity index (χ2v) is 5.14. The molecule has 0 aliphatic rings. The van der Waals surface area contributed by atoms with Crippen molar-refractivity contribution in [3.8, 4) is 5.75 Å². The summed E-state index contributed by atoms with van der Waals surface area (Å²) in [4.78, 5) is 14.4. The number of hydrogen-bond donors (Lipinski definition) is 2. The lowest BCUT2D eigenvalue weighted by Gasteiger charge is -2.10. The zero-order valence-corrected chi connectivity index (χ0v) is 12.2. The van der Waals surface area contributed by atoms with E-state index in [9.17, 15) is 19.6 Å². The quantitative estimate of drug-likeness (QED) is 0.548. The molecule has 6 nitrogen and oxygen atoms in total. The van der Waals surface area contributed by atoms with Gasteiger partial charge in [-0.05, 0) is 24.3 Å². The van der Waals surface area contributed by atoms with Crippen molar-refractivity contribution in [2.75, 3.05) is 5.32 Å². The van der Waals surface area contributed by atoms with Crippen LogP contribution >= 0.6 is 11.6 Å². The molecule has 0 radical (unpaired) electrons. The summed E-state index contributed by atoms with van der Waals surface area (Å²) in [6.45, 7) is 0. The number of nitrogens with zero attached hydrogens (tertiary/aromatic N) is 2. The van der Waals surface area contributed by atoms with Crippen LogP contribution in [0.2, 0.25) is 5.02 Å². The standard InChI is InChI=1S/C15H9ClFN3O3/c16-11-5-8(1-2-12(11)17)19-13-3-4-18-15-10(13)6-9(20(22)23)7-14(15)21/h1-7,21H,(H,18,19). The van der Waals surface area contributed by atoms with Crippen molar-refractivity contribution in [2.45, 2.75) is 0 Å². The molecule has 116 valence electrons. The summed E-state index contributed by atoms with van der Waals surface area (Å²) in [6, 6.07) is 7.99. The summed E-state index contributed by atoms with van der Waals surface area (Å²) < 4.78 is 13.2. The van der Waals surface area contributed by atoms with Gasteiger partial charge in [0, 0.05) is 29.0 Å². The molecule has 3 rings (SSSR count). The van der Waals surface area contributed by atoms with Gasteiger partial charge in [-0.1, -0.05) is 11.6 Å². The fourth-order valence-corrected chi connectivity index (χ4v) is 2.35. The number of phenols is 1. The smallest absolute Gasteiger partial charge is 0.273 e. The number of fused-ring (bicyclic) bond motifs is 1. The Bertz CT molecular complexity index is 933. The Morgan fingerprint density at radius 3 is 2.74 bits per heavy atom. The van der Waals surface area contributed by atoms with Gasteiger partial charge in [0.2, 0.25) is 0 Å². The average Bonchev–Trinajstić information content (AvgIpc) is 2.51. The van der Waals surface area contributed by atoms with Crippen LogP contribution in [-0.4, -0.2) is 15.0 Å². The zero-order chi connectivity index (χ0) is 16.6. The maximum atomic E-state index is 13.2. The predicted molar refractivity (Wildman–Crippen MR) is 84.8 cm³/mol. The normalized spacial score (nSPS) is 10.7. The van der Waals surface area contributed by atoms with E-state index in [2.05, 4.69) is 10.3 Å². The Kier molecular flexibility index (Phi) is 3.71. The number of hydrogen-bond acceptors (Lipinski definition) is 5. The highest BCUT2D eigenvalue weighted by atomic mass is 35.5. The molecule has 2 N–H and O–H groups in total. The van der Waals surface area contributed by atoms with Gasteiger partial charge in [-0.25, -0.2) is 4.39 Å². The highest BCUT2D eigenvalue weighted by Crippen LogP contribution is 2.34. The maximum absolute atomic E-state index is 13.2. The number of rotatable bonds is 3.